The van der Waals surface area contributed by atoms with Gasteiger partial charge in [0.2, 0.25) is 0 Å². The minimum atomic E-state index is -0.505. The molecule has 0 aliphatic heterocycles. The minimum absolute atomic E-state index is 0.00112. The monoisotopic (exact) mass is 229 g/mol. The summed E-state index contributed by atoms with van der Waals surface area (Å²) in [4.78, 5) is 11.3. The quantitative estimate of drug-likeness (QED) is 0.794. The molecule has 0 bridgehead atoms. The van der Waals surface area contributed by atoms with E-state index in [-0.39, 0.29) is 27.8 Å². The van der Waals surface area contributed by atoms with Gasteiger partial charge in [-0.3, -0.25) is 4.79 Å². The molecule has 1 N–H and O–H groups in total. The average Bonchev–Trinajstić information content (AvgIpc) is 2.11. The number of halogens is 2. The highest BCUT2D eigenvalue weighted by Crippen LogP contribution is 2.31. The molecule has 0 spiro atoms. The summed E-state index contributed by atoms with van der Waals surface area (Å²) < 4.78 is 0. The first-order valence-electron chi connectivity index (χ1n) is 3.64. The van der Waals surface area contributed by atoms with Gasteiger partial charge in [-0.25, -0.2) is 0 Å². The normalized spacial score (nSPS) is 9.50. The summed E-state index contributed by atoms with van der Waals surface area (Å²) in [5.74, 6) is -0.842. The summed E-state index contributed by atoms with van der Waals surface area (Å²) in [7, 11) is 0. The summed E-state index contributed by atoms with van der Waals surface area (Å²) >= 11 is 11.2. The van der Waals surface area contributed by atoms with Crippen LogP contribution in [0, 0.1) is 11.3 Å². The van der Waals surface area contributed by atoms with Gasteiger partial charge < -0.3 is 5.11 Å². The van der Waals surface area contributed by atoms with Crippen molar-refractivity contribution in [3.8, 4) is 11.8 Å². The number of nitriles is 1. The van der Waals surface area contributed by atoms with Gasteiger partial charge in [-0.2, -0.15) is 5.26 Å². The van der Waals surface area contributed by atoms with Crippen molar-refractivity contribution < 1.29 is 9.90 Å². The zero-order chi connectivity index (χ0) is 10.7. The Kier molecular flexibility index (Phi) is 3.34. The van der Waals surface area contributed by atoms with Crippen molar-refractivity contribution in [2.45, 2.75) is 6.42 Å². The second kappa shape index (κ2) is 4.32. The summed E-state index contributed by atoms with van der Waals surface area (Å²) in [5, 5.41) is 18.0. The molecule has 0 aromatic heterocycles. The molecule has 0 amide bonds. The van der Waals surface area contributed by atoms with Gasteiger partial charge in [-0.1, -0.05) is 23.2 Å². The molecule has 0 saturated heterocycles. The lowest BCUT2D eigenvalue weighted by molar-refractivity contribution is 0.0995. The molecule has 0 aliphatic rings. The van der Waals surface area contributed by atoms with E-state index in [2.05, 4.69) is 0 Å². The van der Waals surface area contributed by atoms with Crippen molar-refractivity contribution in [3.63, 3.8) is 0 Å². The van der Waals surface area contributed by atoms with E-state index in [4.69, 9.17) is 28.5 Å². The number of ketones is 1. The topological polar surface area (TPSA) is 61.1 Å². The number of carbonyl (C=O) groups excluding carboxylic acids is 1. The number of hydrogen-bond acceptors (Lipinski definition) is 3. The van der Waals surface area contributed by atoms with Crippen LogP contribution in [0.25, 0.3) is 0 Å². The number of rotatable bonds is 2. The first kappa shape index (κ1) is 10.8. The highest BCUT2D eigenvalue weighted by molar-refractivity contribution is 6.36. The van der Waals surface area contributed by atoms with Crippen LogP contribution in [0.15, 0.2) is 12.1 Å². The largest absolute Gasteiger partial charge is 0.506 e. The Balaban J connectivity index is 3.21. The number of aromatic hydroxyl groups is 1. The third kappa shape index (κ3) is 2.16. The molecule has 0 heterocycles. The van der Waals surface area contributed by atoms with E-state index in [0.29, 0.717) is 0 Å². The fraction of sp³-hybridized carbons (Fsp3) is 0.111. The van der Waals surface area contributed by atoms with Crippen molar-refractivity contribution in [2.24, 2.45) is 0 Å². The number of Topliss-reactive ketones (excluding diaryl/α,β-unsaturated/α-hetero) is 1. The Morgan fingerprint density at radius 2 is 2.14 bits per heavy atom. The zero-order valence-electron chi connectivity index (χ0n) is 6.92. The van der Waals surface area contributed by atoms with E-state index in [0.717, 1.165) is 0 Å². The number of hydrogen-bond donors (Lipinski definition) is 1. The van der Waals surface area contributed by atoms with Crippen LogP contribution in [0.1, 0.15) is 16.8 Å². The van der Waals surface area contributed by atoms with Crippen molar-refractivity contribution in [2.75, 3.05) is 0 Å². The molecule has 0 radical (unpaired) electrons. The van der Waals surface area contributed by atoms with Crippen LogP contribution in [0.3, 0.4) is 0 Å². The second-order valence-corrected chi connectivity index (χ2v) is 3.39. The third-order valence-electron chi connectivity index (χ3n) is 1.57. The number of phenolic OH excluding ortho intramolecular Hbond substituents is 1. The lowest BCUT2D eigenvalue weighted by Crippen LogP contribution is -1.98. The van der Waals surface area contributed by atoms with Crippen LogP contribution in [-0.2, 0) is 0 Å². The van der Waals surface area contributed by atoms with Gasteiger partial charge in [-0.05, 0) is 12.1 Å². The van der Waals surface area contributed by atoms with E-state index in [1.165, 1.54) is 12.1 Å². The fourth-order valence-electron chi connectivity index (χ4n) is 0.946. The predicted octanol–water partition coefficient (Wildman–Crippen LogP) is 2.80. The van der Waals surface area contributed by atoms with Crippen LogP contribution < -0.4 is 0 Å². The average molecular weight is 230 g/mol. The molecule has 1 aromatic carbocycles. The molecule has 1 rings (SSSR count). The summed E-state index contributed by atoms with van der Waals surface area (Å²) in [6.45, 7) is 0. The highest BCUT2D eigenvalue weighted by Gasteiger charge is 2.14. The number of benzene rings is 1. The second-order valence-electron chi connectivity index (χ2n) is 2.54. The maximum absolute atomic E-state index is 11.3. The molecule has 0 atom stereocenters. The van der Waals surface area contributed by atoms with E-state index in [1.54, 1.807) is 6.07 Å². The van der Waals surface area contributed by atoms with Crippen LogP contribution >= 0.6 is 23.2 Å². The SMILES string of the molecule is N#CCC(=O)c1cc(Cl)cc(Cl)c1O. The van der Waals surface area contributed by atoms with Crippen LogP contribution in [-0.4, -0.2) is 10.9 Å². The highest BCUT2D eigenvalue weighted by atomic mass is 35.5. The van der Waals surface area contributed by atoms with Gasteiger partial charge in [0.25, 0.3) is 0 Å². The Morgan fingerprint density at radius 1 is 1.50 bits per heavy atom. The van der Waals surface area contributed by atoms with Gasteiger partial charge in [-0.15, -0.1) is 0 Å². The van der Waals surface area contributed by atoms with E-state index >= 15 is 0 Å². The molecule has 0 aliphatic carbocycles. The molecular weight excluding hydrogens is 225 g/mol. The van der Waals surface area contributed by atoms with Gasteiger partial charge in [0.15, 0.2) is 5.78 Å². The van der Waals surface area contributed by atoms with Crippen LogP contribution in [0.4, 0.5) is 0 Å². The Morgan fingerprint density at radius 3 is 2.71 bits per heavy atom. The molecular formula is C9H5Cl2NO2. The van der Waals surface area contributed by atoms with Crippen molar-refractivity contribution in [1.82, 2.24) is 0 Å². The fourth-order valence-corrected chi connectivity index (χ4v) is 1.44. The van der Waals surface area contributed by atoms with Crippen molar-refractivity contribution >= 4 is 29.0 Å². The molecule has 1 aromatic rings. The first-order valence-corrected chi connectivity index (χ1v) is 4.40. The summed E-state index contributed by atoms with van der Waals surface area (Å²) in [6, 6.07) is 4.29. The number of nitrogens with zero attached hydrogens (tertiary/aromatic N) is 1. The summed E-state index contributed by atoms with van der Waals surface area (Å²) in [5.41, 5.74) is -0.0240. The maximum Gasteiger partial charge on any atom is 0.180 e. The van der Waals surface area contributed by atoms with Gasteiger partial charge in [0, 0.05) is 5.02 Å². The maximum atomic E-state index is 11.3. The minimum Gasteiger partial charge on any atom is -0.506 e. The zero-order valence-corrected chi connectivity index (χ0v) is 8.43. The third-order valence-corrected chi connectivity index (χ3v) is 2.07. The first-order chi connectivity index (χ1) is 6.56. The molecule has 0 fully saturated rings. The van der Waals surface area contributed by atoms with Gasteiger partial charge in [0.1, 0.15) is 5.75 Å². The number of carbonyl (C=O) groups is 1. The van der Waals surface area contributed by atoms with Crippen molar-refractivity contribution in [1.29, 1.82) is 5.26 Å². The molecule has 72 valence electrons. The molecule has 0 unspecified atom stereocenters. The summed E-state index contributed by atoms with van der Waals surface area (Å²) in [6.07, 6.45) is -0.315. The standard InChI is InChI=1S/C9H5Cl2NO2/c10-5-3-6(8(13)1-2-12)9(14)7(11)4-5/h3-4,14H,1H2. The lowest BCUT2D eigenvalue weighted by Gasteiger charge is -2.03. The number of phenols is 1. The van der Waals surface area contributed by atoms with E-state index < -0.39 is 5.78 Å². The predicted molar refractivity (Wildman–Crippen MR) is 52.7 cm³/mol. The molecule has 3 nitrogen and oxygen atoms in total. The molecule has 14 heavy (non-hydrogen) atoms. The Hall–Kier alpha value is -1.24. The molecule has 0 saturated carbocycles. The van der Waals surface area contributed by atoms with Gasteiger partial charge in [0.05, 0.1) is 23.1 Å². The van der Waals surface area contributed by atoms with Gasteiger partial charge >= 0.3 is 0 Å². The van der Waals surface area contributed by atoms with E-state index in [9.17, 15) is 9.90 Å². The van der Waals surface area contributed by atoms with Crippen LogP contribution in [0.2, 0.25) is 10.0 Å². The molecule has 5 heteroatoms. The van der Waals surface area contributed by atoms with E-state index in [1.807, 2.05) is 0 Å². The van der Waals surface area contributed by atoms with Crippen LogP contribution in [0.5, 0.6) is 5.75 Å². The smallest absolute Gasteiger partial charge is 0.180 e. The Labute approximate surface area is 90.5 Å². The van der Waals surface area contributed by atoms with Crippen molar-refractivity contribution in [3.05, 3.63) is 27.7 Å². The Bertz CT molecular complexity index is 424. The lowest BCUT2D eigenvalue weighted by atomic mass is 10.1.